The predicted octanol–water partition coefficient (Wildman–Crippen LogP) is 7.76. The molecule has 0 bridgehead atoms. The summed E-state index contributed by atoms with van der Waals surface area (Å²) >= 11 is 0. The summed E-state index contributed by atoms with van der Waals surface area (Å²) in [7, 11) is -3.78. The van der Waals surface area contributed by atoms with Crippen LogP contribution in [0, 0.1) is 0 Å². The zero-order valence-electron chi connectivity index (χ0n) is 27.0. The highest BCUT2D eigenvalue weighted by molar-refractivity contribution is 7.92. The second kappa shape index (κ2) is 12.3. The largest absolute Gasteiger partial charge is 0.477 e. The fraction of sp³-hybridized carbons (Fsp3) is 0.282. The summed E-state index contributed by atoms with van der Waals surface area (Å²) in [6, 6.07) is 31.3. The third-order valence-corrected chi connectivity index (χ3v) is 11.9. The van der Waals surface area contributed by atoms with Gasteiger partial charge in [0.1, 0.15) is 10.4 Å². The Morgan fingerprint density at radius 2 is 1.40 bits per heavy atom. The van der Waals surface area contributed by atoms with Gasteiger partial charge in [0.2, 0.25) is 5.88 Å². The number of hydrogen-bond donors (Lipinski definition) is 2. The minimum atomic E-state index is -3.78. The van der Waals surface area contributed by atoms with E-state index in [4.69, 9.17) is 9.10 Å². The van der Waals surface area contributed by atoms with E-state index in [2.05, 4.69) is 28.1 Å². The van der Waals surface area contributed by atoms with Crippen molar-refractivity contribution in [1.29, 1.82) is 0 Å². The van der Waals surface area contributed by atoms with Gasteiger partial charge in [-0.1, -0.05) is 97.1 Å². The molecule has 5 aromatic rings. The minimum Gasteiger partial charge on any atom is -0.477 e. The highest BCUT2D eigenvalue weighted by Crippen LogP contribution is 2.44. The normalized spacial score (nSPS) is 17.7. The Morgan fingerprint density at radius 3 is 1.94 bits per heavy atom. The number of carbonyl (C=O) groups is 1. The van der Waals surface area contributed by atoms with Crippen LogP contribution >= 0.6 is 0 Å². The van der Waals surface area contributed by atoms with Crippen molar-refractivity contribution in [2.75, 3.05) is 11.9 Å². The lowest BCUT2D eigenvalue weighted by molar-refractivity contribution is 0.196. The first-order chi connectivity index (χ1) is 23.5. The number of nitrogens with one attached hydrogen (secondary N) is 2. The average Bonchev–Trinajstić information content (AvgIpc) is 3.89. The fourth-order valence-corrected chi connectivity index (χ4v) is 9.51. The van der Waals surface area contributed by atoms with Gasteiger partial charge in [-0.15, -0.1) is 0 Å². The number of nitrogens with zero attached hydrogens (tertiary/aromatic N) is 3. The third-order valence-electron chi connectivity index (χ3n) is 9.99. The third kappa shape index (κ3) is 5.17. The quantitative estimate of drug-likeness (QED) is 0.175. The summed E-state index contributed by atoms with van der Waals surface area (Å²) in [5, 5.41) is 7.82. The number of aromatic nitrogens is 2. The highest BCUT2D eigenvalue weighted by atomic mass is 32.2. The number of hydrogen-bond acceptors (Lipinski definition) is 5. The van der Waals surface area contributed by atoms with Crippen LogP contribution in [0.3, 0.4) is 0 Å². The van der Waals surface area contributed by atoms with Gasteiger partial charge in [-0.3, -0.25) is 0 Å². The van der Waals surface area contributed by atoms with Gasteiger partial charge in [-0.2, -0.15) is 9.46 Å². The molecule has 2 aliphatic carbocycles. The van der Waals surface area contributed by atoms with Crippen LogP contribution in [-0.2, 0) is 41.1 Å². The van der Waals surface area contributed by atoms with Gasteiger partial charge in [0.05, 0.1) is 18.8 Å². The molecule has 0 radical (unpaired) electrons. The van der Waals surface area contributed by atoms with Gasteiger partial charge < -0.3 is 10.1 Å². The van der Waals surface area contributed by atoms with E-state index in [1.807, 2.05) is 91.0 Å². The van der Waals surface area contributed by atoms with Crippen LogP contribution in [0.15, 0.2) is 113 Å². The molecule has 2 N–H and O–H groups in total. The standard InChI is InChI=1S/C39H39N5O3S/c1-27-23-24-47-37-35(26-40-44(27)37)48(46,42-38(45)41-36-33-21-11-13-28(33)25-29-14-12-22-34(29)36)43-39(30-15-5-2-6-16-30,31-17-7-3-8-18-31)32-19-9-4-10-20-32/h2-10,15-20,25-27H,11-14,21-24H2,1H3,(H2,41,42,43,45,46)/t27-,48-/m0/s1. The molecule has 2 amide bonds. The lowest BCUT2D eigenvalue weighted by Gasteiger charge is -2.33. The summed E-state index contributed by atoms with van der Waals surface area (Å²) in [4.78, 5) is 14.6. The fourth-order valence-electron chi connectivity index (χ4n) is 7.67. The zero-order valence-corrected chi connectivity index (χ0v) is 27.8. The van der Waals surface area contributed by atoms with Crippen LogP contribution in [0.25, 0.3) is 0 Å². The van der Waals surface area contributed by atoms with Crippen molar-refractivity contribution in [1.82, 2.24) is 14.5 Å². The topological polar surface area (TPSA) is 97.6 Å². The van der Waals surface area contributed by atoms with Crippen molar-refractivity contribution in [3.8, 4) is 5.88 Å². The first kappa shape index (κ1) is 30.4. The van der Waals surface area contributed by atoms with Crippen molar-refractivity contribution in [2.45, 2.75) is 68.3 Å². The molecule has 244 valence electrons. The zero-order chi connectivity index (χ0) is 32.7. The van der Waals surface area contributed by atoms with E-state index < -0.39 is 21.5 Å². The Hall–Kier alpha value is -4.89. The molecule has 0 spiro atoms. The maximum atomic E-state index is 16.0. The Bertz CT molecular complexity index is 1980. The van der Waals surface area contributed by atoms with Crippen LogP contribution < -0.4 is 14.8 Å². The number of urea groups is 1. The molecule has 48 heavy (non-hydrogen) atoms. The van der Waals surface area contributed by atoms with Crippen molar-refractivity contribution in [3.05, 3.63) is 142 Å². The van der Waals surface area contributed by atoms with Crippen LogP contribution in [-0.4, -0.2) is 26.6 Å². The molecule has 9 heteroatoms. The van der Waals surface area contributed by atoms with Crippen molar-refractivity contribution in [2.24, 2.45) is 4.36 Å². The monoisotopic (exact) mass is 657 g/mol. The van der Waals surface area contributed by atoms with Crippen molar-refractivity contribution < 1.29 is 13.7 Å². The van der Waals surface area contributed by atoms with Crippen LogP contribution in [0.5, 0.6) is 5.88 Å². The highest BCUT2D eigenvalue weighted by Gasteiger charge is 2.41. The average molecular weight is 658 g/mol. The van der Waals surface area contributed by atoms with E-state index in [-0.39, 0.29) is 10.9 Å². The van der Waals surface area contributed by atoms with Crippen molar-refractivity contribution >= 4 is 21.6 Å². The van der Waals surface area contributed by atoms with E-state index in [9.17, 15) is 4.79 Å². The van der Waals surface area contributed by atoms with Gasteiger partial charge >= 0.3 is 6.03 Å². The lowest BCUT2D eigenvalue weighted by atomic mass is 9.78. The number of ether oxygens (including phenoxy) is 1. The maximum Gasteiger partial charge on any atom is 0.331 e. The Morgan fingerprint density at radius 1 is 0.854 bits per heavy atom. The second-order valence-electron chi connectivity index (χ2n) is 13.0. The molecule has 0 fully saturated rings. The summed E-state index contributed by atoms with van der Waals surface area (Å²) < 4.78 is 32.2. The van der Waals surface area contributed by atoms with Crippen LogP contribution in [0.1, 0.15) is 71.2 Å². The number of rotatable bonds is 7. The Balaban J connectivity index is 1.35. The number of amides is 2. The molecule has 1 aromatic heterocycles. The smallest absolute Gasteiger partial charge is 0.331 e. The molecule has 8 rings (SSSR count). The SMILES string of the molecule is C[C@H]1CCOc2c([S@@](=O)(=NC(c3ccccc3)(c3ccccc3)c3ccccc3)NC(=O)Nc3c4c(cc5c3CCC5)CCC4)cnn21. The molecular weight excluding hydrogens is 619 g/mol. The minimum absolute atomic E-state index is 0.0385. The summed E-state index contributed by atoms with van der Waals surface area (Å²) in [5.74, 6) is 0.368. The number of aryl methyl sites for hydroxylation is 2. The molecule has 2 atom stereocenters. The van der Waals surface area contributed by atoms with Gasteiger partial charge in [0, 0.05) is 12.1 Å². The second-order valence-corrected chi connectivity index (χ2v) is 14.8. The van der Waals surface area contributed by atoms with E-state index in [1.165, 1.54) is 22.3 Å². The molecular formula is C39H39N5O3S. The van der Waals surface area contributed by atoms with Gasteiger partial charge in [-0.05, 0) is 84.4 Å². The predicted molar refractivity (Wildman–Crippen MR) is 188 cm³/mol. The van der Waals surface area contributed by atoms with Crippen molar-refractivity contribution in [3.63, 3.8) is 0 Å². The summed E-state index contributed by atoms with van der Waals surface area (Å²) in [6.45, 7) is 2.51. The molecule has 0 unspecified atom stereocenters. The van der Waals surface area contributed by atoms with Crippen LogP contribution in [0.4, 0.5) is 10.5 Å². The molecule has 4 aromatic carbocycles. The van der Waals surface area contributed by atoms with Gasteiger partial charge in [-0.25, -0.2) is 18.4 Å². The lowest BCUT2D eigenvalue weighted by Crippen LogP contribution is -2.38. The first-order valence-electron chi connectivity index (χ1n) is 16.9. The van der Waals surface area contributed by atoms with Gasteiger partial charge in [0.25, 0.3) is 0 Å². The number of anilines is 1. The van der Waals surface area contributed by atoms with Gasteiger partial charge in [0.15, 0.2) is 9.92 Å². The molecule has 8 nitrogen and oxygen atoms in total. The van der Waals surface area contributed by atoms with E-state index in [0.29, 0.717) is 12.5 Å². The summed E-state index contributed by atoms with van der Waals surface area (Å²) in [5.41, 5.74) is 7.05. The van der Waals surface area contributed by atoms with E-state index in [1.54, 1.807) is 10.9 Å². The molecule has 2 heterocycles. The number of fused-ring (bicyclic) bond motifs is 3. The maximum absolute atomic E-state index is 16.0. The Labute approximate surface area is 281 Å². The van der Waals surface area contributed by atoms with Crippen LogP contribution in [0.2, 0.25) is 0 Å². The summed E-state index contributed by atoms with van der Waals surface area (Å²) in [6.07, 6.45) is 8.30. The molecule has 1 aliphatic heterocycles. The first-order valence-corrected chi connectivity index (χ1v) is 18.4. The molecule has 0 saturated carbocycles. The van der Waals surface area contributed by atoms with E-state index in [0.717, 1.165) is 67.3 Å². The number of carbonyl (C=O) groups excluding carboxylic acids is 1. The van der Waals surface area contributed by atoms with E-state index >= 15 is 4.21 Å². The Kier molecular flexibility index (Phi) is 7.79. The number of benzene rings is 4. The molecule has 0 saturated heterocycles. The molecule has 3 aliphatic rings.